The van der Waals surface area contributed by atoms with Crippen molar-refractivity contribution in [2.45, 2.75) is 13.8 Å². The normalized spacial score (nSPS) is 16.2. The highest BCUT2D eigenvalue weighted by molar-refractivity contribution is 5.79. The third-order valence-corrected chi connectivity index (χ3v) is 4.57. The molecule has 1 fully saturated rings. The van der Waals surface area contributed by atoms with Crippen LogP contribution >= 0.6 is 0 Å². The third kappa shape index (κ3) is 2.96. The molecule has 2 nitrogen and oxygen atoms in total. The number of likely N-dealkylation sites (N-methyl/N-ethyl adjacent to an activating group) is 1. The van der Waals surface area contributed by atoms with Crippen molar-refractivity contribution in [2.75, 3.05) is 38.1 Å². The molecule has 0 amide bonds. The molecule has 2 aromatic rings. The SMILES string of the molecule is Cc1ccc(-c2ccccc2N2CCN(C)CC2)cc1C. The molecule has 0 radical (unpaired) electrons. The molecular weight excluding hydrogens is 256 g/mol. The maximum Gasteiger partial charge on any atom is 0.0446 e. The standard InChI is InChI=1S/C19H24N2/c1-15-8-9-17(14-16(15)2)18-6-4-5-7-19(18)21-12-10-20(3)11-13-21/h4-9,14H,10-13H2,1-3H3. The van der Waals surface area contributed by atoms with Gasteiger partial charge in [-0.1, -0.05) is 36.4 Å². The summed E-state index contributed by atoms with van der Waals surface area (Å²) in [6.07, 6.45) is 0. The number of hydrogen-bond donors (Lipinski definition) is 0. The molecule has 0 N–H and O–H groups in total. The Morgan fingerprint density at radius 2 is 1.52 bits per heavy atom. The molecule has 1 saturated heterocycles. The Hall–Kier alpha value is -1.80. The number of piperazine rings is 1. The van der Waals surface area contributed by atoms with Crippen molar-refractivity contribution < 1.29 is 0 Å². The van der Waals surface area contributed by atoms with Crippen LogP contribution in [0.1, 0.15) is 11.1 Å². The second-order valence-electron chi connectivity index (χ2n) is 6.11. The first-order valence-electron chi connectivity index (χ1n) is 7.75. The number of anilines is 1. The highest BCUT2D eigenvalue weighted by atomic mass is 15.2. The van der Waals surface area contributed by atoms with Crippen LogP contribution in [0, 0.1) is 13.8 Å². The van der Waals surface area contributed by atoms with Gasteiger partial charge in [-0.25, -0.2) is 0 Å². The number of hydrogen-bond acceptors (Lipinski definition) is 2. The van der Waals surface area contributed by atoms with Crippen LogP contribution in [0.5, 0.6) is 0 Å². The van der Waals surface area contributed by atoms with Crippen LogP contribution in [-0.2, 0) is 0 Å². The second-order valence-corrected chi connectivity index (χ2v) is 6.11. The van der Waals surface area contributed by atoms with Gasteiger partial charge in [0.1, 0.15) is 0 Å². The van der Waals surface area contributed by atoms with E-state index in [0.717, 1.165) is 26.2 Å². The molecule has 3 rings (SSSR count). The first-order chi connectivity index (χ1) is 10.1. The van der Waals surface area contributed by atoms with E-state index in [9.17, 15) is 0 Å². The fourth-order valence-electron chi connectivity index (χ4n) is 2.95. The summed E-state index contributed by atoms with van der Waals surface area (Å²) >= 11 is 0. The monoisotopic (exact) mass is 280 g/mol. The van der Waals surface area contributed by atoms with E-state index in [-0.39, 0.29) is 0 Å². The minimum absolute atomic E-state index is 1.11. The molecule has 2 heteroatoms. The highest BCUT2D eigenvalue weighted by Crippen LogP contribution is 2.32. The summed E-state index contributed by atoms with van der Waals surface area (Å²) < 4.78 is 0. The smallest absolute Gasteiger partial charge is 0.0446 e. The molecular formula is C19H24N2. The van der Waals surface area contributed by atoms with Crippen LogP contribution in [0.15, 0.2) is 42.5 Å². The molecule has 0 aromatic heterocycles. The topological polar surface area (TPSA) is 6.48 Å². The molecule has 110 valence electrons. The molecule has 1 heterocycles. The minimum Gasteiger partial charge on any atom is -0.368 e. The Balaban J connectivity index is 1.97. The lowest BCUT2D eigenvalue weighted by molar-refractivity contribution is 0.313. The van der Waals surface area contributed by atoms with Crippen LogP contribution in [0.4, 0.5) is 5.69 Å². The quantitative estimate of drug-likeness (QED) is 0.827. The lowest BCUT2D eigenvalue weighted by Gasteiger charge is -2.35. The molecule has 1 aliphatic rings. The maximum absolute atomic E-state index is 2.52. The lowest BCUT2D eigenvalue weighted by atomic mass is 9.98. The summed E-state index contributed by atoms with van der Waals surface area (Å²) in [4.78, 5) is 4.92. The van der Waals surface area contributed by atoms with E-state index in [2.05, 4.69) is 73.2 Å². The van der Waals surface area contributed by atoms with E-state index in [4.69, 9.17) is 0 Å². The van der Waals surface area contributed by atoms with E-state index >= 15 is 0 Å². The summed E-state index contributed by atoms with van der Waals surface area (Å²) in [6, 6.07) is 15.6. The predicted octanol–water partition coefficient (Wildman–Crippen LogP) is 3.72. The van der Waals surface area contributed by atoms with Crippen molar-refractivity contribution >= 4 is 5.69 Å². The molecule has 21 heavy (non-hydrogen) atoms. The van der Waals surface area contributed by atoms with Gasteiger partial charge in [0.25, 0.3) is 0 Å². The average molecular weight is 280 g/mol. The minimum atomic E-state index is 1.11. The summed E-state index contributed by atoms with van der Waals surface area (Å²) in [5, 5.41) is 0. The van der Waals surface area contributed by atoms with Crippen molar-refractivity contribution in [2.24, 2.45) is 0 Å². The largest absolute Gasteiger partial charge is 0.368 e. The van der Waals surface area contributed by atoms with Gasteiger partial charge in [0, 0.05) is 37.4 Å². The van der Waals surface area contributed by atoms with Crippen LogP contribution in [0.25, 0.3) is 11.1 Å². The zero-order valence-corrected chi connectivity index (χ0v) is 13.3. The summed E-state index contributed by atoms with van der Waals surface area (Å²) in [5.74, 6) is 0. The first-order valence-corrected chi connectivity index (χ1v) is 7.75. The molecule has 0 atom stereocenters. The van der Waals surface area contributed by atoms with E-state index in [1.165, 1.54) is 27.9 Å². The Bertz CT molecular complexity index is 625. The summed E-state index contributed by atoms with van der Waals surface area (Å²) in [7, 11) is 2.20. The molecule has 0 aliphatic carbocycles. The fourth-order valence-corrected chi connectivity index (χ4v) is 2.95. The highest BCUT2D eigenvalue weighted by Gasteiger charge is 2.17. The Morgan fingerprint density at radius 1 is 0.810 bits per heavy atom. The Labute approximate surface area is 128 Å². The van der Waals surface area contributed by atoms with E-state index in [1.807, 2.05) is 0 Å². The fraction of sp³-hybridized carbons (Fsp3) is 0.368. The molecule has 0 spiro atoms. The van der Waals surface area contributed by atoms with Gasteiger partial charge in [0.2, 0.25) is 0 Å². The Kier molecular flexibility index (Phi) is 3.98. The zero-order chi connectivity index (χ0) is 14.8. The molecule has 0 unspecified atom stereocenters. The third-order valence-electron chi connectivity index (χ3n) is 4.57. The summed E-state index contributed by atoms with van der Waals surface area (Å²) in [5.41, 5.74) is 6.77. The van der Waals surface area contributed by atoms with Crippen molar-refractivity contribution in [3.8, 4) is 11.1 Å². The maximum atomic E-state index is 2.52. The van der Waals surface area contributed by atoms with Gasteiger partial charge < -0.3 is 9.80 Å². The van der Waals surface area contributed by atoms with E-state index in [1.54, 1.807) is 0 Å². The van der Waals surface area contributed by atoms with Gasteiger partial charge in [0.15, 0.2) is 0 Å². The van der Waals surface area contributed by atoms with Crippen LogP contribution < -0.4 is 4.90 Å². The van der Waals surface area contributed by atoms with Crippen molar-refractivity contribution in [3.05, 3.63) is 53.6 Å². The Morgan fingerprint density at radius 3 is 2.24 bits per heavy atom. The number of rotatable bonds is 2. The van der Waals surface area contributed by atoms with Gasteiger partial charge in [-0.2, -0.15) is 0 Å². The lowest BCUT2D eigenvalue weighted by Crippen LogP contribution is -2.44. The number of para-hydroxylation sites is 1. The van der Waals surface area contributed by atoms with Crippen LogP contribution in [-0.4, -0.2) is 38.1 Å². The second kappa shape index (κ2) is 5.90. The number of aryl methyl sites for hydroxylation is 2. The first kappa shape index (κ1) is 14.2. The van der Waals surface area contributed by atoms with Crippen LogP contribution in [0.3, 0.4) is 0 Å². The van der Waals surface area contributed by atoms with Crippen LogP contribution in [0.2, 0.25) is 0 Å². The van der Waals surface area contributed by atoms with E-state index in [0.29, 0.717) is 0 Å². The van der Waals surface area contributed by atoms with E-state index < -0.39 is 0 Å². The molecule has 2 aromatic carbocycles. The zero-order valence-electron chi connectivity index (χ0n) is 13.3. The van der Waals surface area contributed by atoms with Crippen molar-refractivity contribution in [1.29, 1.82) is 0 Å². The molecule has 0 bridgehead atoms. The van der Waals surface area contributed by atoms with Gasteiger partial charge in [-0.3, -0.25) is 0 Å². The van der Waals surface area contributed by atoms with Gasteiger partial charge in [0.05, 0.1) is 0 Å². The molecule has 1 aliphatic heterocycles. The predicted molar refractivity (Wildman–Crippen MR) is 91.1 cm³/mol. The summed E-state index contributed by atoms with van der Waals surface area (Å²) in [6.45, 7) is 8.86. The number of nitrogens with zero attached hydrogens (tertiary/aromatic N) is 2. The van der Waals surface area contributed by atoms with Gasteiger partial charge in [-0.15, -0.1) is 0 Å². The van der Waals surface area contributed by atoms with Gasteiger partial charge >= 0.3 is 0 Å². The average Bonchev–Trinajstić information content (AvgIpc) is 2.51. The van der Waals surface area contributed by atoms with Gasteiger partial charge in [-0.05, 0) is 43.7 Å². The van der Waals surface area contributed by atoms with Crippen molar-refractivity contribution in [3.63, 3.8) is 0 Å². The number of benzene rings is 2. The van der Waals surface area contributed by atoms with Crippen molar-refractivity contribution in [1.82, 2.24) is 4.90 Å². The molecule has 0 saturated carbocycles.